The third kappa shape index (κ3) is 5.25. The monoisotopic (exact) mass is 416 g/mol. The second-order valence-corrected chi connectivity index (χ2v) is 6.08. The maximum Gasteiger partial charge on any atom is 0.433 e. The Morgan fingerprint density at radius 1 is 1.03 bits per heavy atom. The molecule has 154 valence electrons. The summed E-state index contributed by atoms with van der Waals surface area (Å²) in [5.41, 5.74) is 2.28. The number of nitrogens with one attached hydrogen (secondary N) is 2. The van der Waals surface area contributed by atoms with Crippen molar-refractivity contribution >= 4 is 23.5 Å². The van der Waals surface area contributed by atoms with E-state index in [0.717, 1.165) is 18.3 Å². The fraction of sp³-hybridized carbons (Fsp3) is 0.0500. The van der Waals surface area contributed by atoms with Gasteiger partial charge in [-0.2, -0.15) is 18.3 Å². The molecule has 0 aliphatic rings. The summed E-state index contributed by atoms with van der Waals surface area (Å²) < 4.78 is 38.3. The van der Waals surface area contributed by atoms with Crippen molar-refractivity contribution in [1.29, 1.82) is 0 Å². The smallest absolute Gasteiger partial charge is 0.433 e. The summed E-state index contributed by atoms with van der Waals surface area (Å²) in [5.74, 6) is -0.900. The number of anilines is 2. The van der Waals surface area contributed by atoms with E-state index in [9.17, 15) is 28.2 Å². The minimum absolute atomic E-state index is 0.116. The van der Waals surface area contributed by atoms with Crippen LogP contribution in [0.5, 0.6) is 11.5 Å². The van der Waals surface area contributed by atoms with Gasteiger partial charge in [-0.25, -0.2) is 5.43 Å². The van der Waals surface area contributed by atoms with E-state index in [1.54, 1.807) is 12.1 Å². The first kappa shape index (κ1) is 20.6. The minimum atomic E-state index is -4.57. The van der Waals surface area contributed by atoms with Gasteiger partial charge in [0.25, 0.3) is 5.91 Å². The first-order valence-corrected chi connectivity index (χ1v) is 8.48. The Hall–Kier alpha value is -4.08. The molecule has 10 heteroatoms. The molecule has 3 aromatic rings. The lowest BCUT2D eigenvalue weighted by Crippen LogP contribution is -2.17. The first-order valence-electron chi connectivity index (χ1n) is 8.48. The molecule has 3 rings (SSSR count). The van der Waals surface area contributed by atoms with Gasteiger partial charge in [0.2, 0.25) is 0 Å². The lowest BCUT2D eigenvalue weighted by molar-refractivity contribution is -0.141. The quantitative estimate of drug-likeness (QED) is 0.371. The number of aromatic hydroxyl groups is 2. The predicted octanol–water partition coefficient (Wildman–Crippen LogP) is 4.02. The van der Waals surface area contributed by atoms with Crippen molar-refractivity contribution in [2.75, 3.05) is 5.32 Å². The molecule has 7 nitrogen and oxygen atoms in total. The van der Waals surface area contributed by atoms with Gasteiger partial charge in [0.05, 0.1) is 6.21 Å². The van der Waals surface area contributed by atoms with Crippen LogP contribution in [0.3, 0.4) is 0 Å². The highest BCUT2D eigenvalue weighted by Gasteiger charge is 2.32. The van der Waals surface area contributed by atoms with Crippen molar-refractivity contribution < 1.29 is 28.2 Å². The number of benzene rings is 2. The normalized spacial score (nSPS) is 11.4. The average Bonchev–Trinajstić information content (AvgIpc) is 2.69. The molecule has 0 spiro atoms. The molecule has 0 fully saturated rings. The Labute approximate surface area is 168 Å². The molecule has 0 unspecified atom stereocenters. The standard InChI is InChI=1S/C20H15F3N4O3/c21-20(22,23)18-9-15(6-7-24-18)26-14-3-1-2-12(8-14)19(30)27-25-11-13-4-5-16(28)10-17(13)29/h1-11,28-29H,(H,24,26)(H,27,30)/b25-11+. The van der Waals surface area contributed by atoms with Gasteiger partial charge in [-0.1, -0.05) is 6.07 Å². The summed E-state index contributed by atoms with van der Waals surface area (Å²) in [6.07, 6.45) is -2.33. The number of carbonyl (C=O) groups excluding carboxylic acids is 1. The molecule has 0 saturated carbocycles. The van der Waals surface area contributed by atoms with Crippen molar-refractivity contribution in [2.45, 2.75) is 6.18 Å². The van der Waals surface area contributed by atoms with E-state index in [4.69, 9.17) is 0 Å². The number of nitrogens with zero attached hydrogens (tertiary/aromatic N) is 2. The Balaban J connectivity index is 1.69. The molecule has 0 bridgehead atoms. The number of carbonyl (C=O) groups is 1. The fourth-order valence-electron chi connectivity index (χ4n) is 2.43. The Bertz CT molecular complexity index is 1100. The van der Waals surface area contributed by atoms with E-state index in [1.165, 1.54) is 36.5 Å². The number of phenolic OH excluding ortho intramolecular Hbond substituents is 2. The number of hydrogen-bond acceptors (Lipinski definition) is 6. The van der Waals surface area contributed by atoms with E-state index in [0.29, 0.717) is 5.69 Å². The molecule has 0 atom stereocenters. The lowest BCUT2D eigenvalue weighted by Gasteiger charge is -2.10. The van der Waals surface area contributed by atoms with Gasteiger partial charge in [-0.3, -0.25) is 9.78 Å². The van der Waals surface area contributed by atoms with E-state index in [-0.39, 0.29) is 28.3 Å². The second-order valence-electron chi connectivity index (χ2n) is 6.08. The van der Waals surface area contributed by atoms with Gasteiger partial charge in [0.1, 0.15) is 17.2 Å². The van der Waals surface area contributed by atoms with Gasteiger partial charge >= 0.3 is 6.18 Å². The second kappa shape index (κ2) is 8.52. The molecule has 0 radical (unpaired) electrons. The maximum atomic E-state index is 12.8. The Morgan fingerprint density at radius 3 is 2.53 bits per heavy atom. The van der Waals surface area contributed by atoms with E-state index < -0.39 is 17.8 Å². The van der Waals surface area contributed by atoms with Gasteiger partial charge in [0, 0.05) is 34.8 Å². The van der Waals surface area contributed by atoms with Crippen molar-refractivity contribution in [3.8, 4) is 11.5 Å². The van der Waals surface area contributed by atoms with Crippen LogP contribution in [0.2, 0.25) is 0 Å². The molecular formula is C20H15F3N4O3. The number of rotatable bonds is 5. The van der Waals surface area contributed by atoms with Gasteiger partial charge in [-0.05, 0) is 42.5 Å². The molecule has 1 aromatic heterocycles. The largest absolute Gasteiger partial charge is 0.508 e. The summed E-state index contributed by atoms with van der Waals surface area (Å²) in [6, 6.07) is 12.2. The molecule has 30 heavy (non-hydrogen) atoms. The van der Waals surface area contributed by atoms with E-state index >= 15 is 0 Å². The van der Waals surface area contributed by atoms with Crippen LogP contribution < -0.4 is 10.7 Å². The fourth-order valence-corrected chi connectivity index (χ4v) is 2.43. The number of amides is 1. The zero-order valence-electron chi connectivity index (χ0n) is 15.2. The van der Waals surface area contributed by atoms with Crippen LogP contribution in [-0.4, -0.2) is 27.3 Å². The van der Waals surface area contributed by atoms with Crippen LogP contribution in [0.15, 0.2) is 65.9 Å². The average molecular weight is 416 g/mol. The Morgan fingerprint density at radius 2 is 1.80 bits per heavy atom. The van der Waals surface area contributed by atoms with Gasteiger partial charge in [0.15, 0.2) is 0 Å². The van der Waals surface area contributed by atoms with Crippen molar-refractivity contribution in [1.82, 2.24) is 10.4 Å². The third-order valence-electron chi connectivity index (χ3n) is 3.85. The molecular weight excluding hydrogens is 401 g/mol. The summed E-state index contributed by atoms with van der Waals surface area (Å²) >= 11 is 0. The molecule has 0 saturated heterocycles. The topological polar surface area (TPSA) is 107 Å². The van der Waals surface area contributed by atoms with Crippen LogP contribution in [-0.2, 0) is 6.18 Å². The van der Waals surface area contributed by atoms with Crippen LogP contribution in [0.1, 0.15) is 21.6 Å². The SMILES string of the molecule is O=C(N/N=C/c1ccc(O)cc1O)c1cccc(Nc2ccnc(C(F)(F)F)c2)c1. The molecule has 2 aromatic carbocycles. The highest BCUT2D eigenvalue weighted by molar-refractivity contribution is 5.96. The molecule has 0 aliphatic carbocycles. The summed E-state index contributed by atoms with van der Waals surface area (Å²) in [4.78, 5) is 15.5. The number of hydrogen-bond donors (Lipinski definition) is 4. The predicted molar refractivity (Wildman–Crippen MR) is 104 cm³/mol. The number of pyridine rings is 1. The van der Waals surface area contributed by atoms with Crippen LogP contribution in [0.4, 0.5) is 24.5 Å². The van der Waals surface area contributed by atoms with Crippen molar-refractivity contribution in [3.05, 3.63) is 77.6 Å². The third-order valence-corrected chi connectivity index (χ3v) is 3.85. The number of hydrazone groups is 1. The highest BCUT2D eigenvalue weighted by atomic mass is 19.4. The van der Waals surface area contributed by atoms with Crippen LogP contribution >= 0.6 is 0 Å². The first-order chi connectivity index (χ1) is 14.2. The van der Waals surface area contributed by atoms with E-state index in [2.05, 4.69) is 20.8 Å². The summed E-state index contributed by atoms with van der Waals surface area (Å²) in [5, 5.41) is 25.5. The number of aromatic nitrogens is 1. The maximum absolute atomic E-state index is 12.8. The van der Waals surface area contributed by atoms with E-state index in [1.807, 2.05) is 0 Å². The zero-order valence-corrected chi connectivity index (χ0v) is 15.2. The summed E-state index contributed by atoms with van der Waals surface area (Å²) in [6.45, 7) is 0. The molecule has 4 N–H and O–H groups in total. The highest BCUT2D eigenvalue weighted by Crippen LogP contribution is 2.29. The minimum Gasteiger partial charge on any atom is -0.508 e. The Kier molecular flexibility index (Phi) is 5.86. The van der Waals surface area contributed by atoms with Crippen molar-refractivity contribution in [2.24, 2.45) is 5.10 Å². The lowest BCUT2D eigenvalue weighted by atomic mass is 10.2. The van der Waals surface area contributed by atoms with Gasteiger partial charge < -0.3 is 15.5 Å². The number of phenols is 2. The molecule has 0 aliphatic heterocycles. The van der Waals surface area contributed by atoms with Gasteiger partial charge in [-0.15, -0.1) is 0 Å². The molecule has 1 heterocycles. The van der Waals surface area contributed by atoms with Crippen molar-refractivity contribution in [3.63, 3.8) is 0 Å². The molecule has 1 amide bonds. The summed E-state index contributed by atoms with van der Waals surface area (Å²) in [7, 11) is 0. The van der Waals surface area contributed by atoms with Crippen LogP contribution in [0, 0.1) is 0 Å². The number of alkyl halides is 3. The number of halogens is 3. The zero-order chi connectivity index (χ0) is 21.7. The van der Waals surface area contributed by atoms with Crippen LogP contribution in [0.25, 0.3) is 0 Å².